The molecule has 0 spiro atoms. The van der Waals surface area contributed by atoms with Crippen molar-refractivity contribution in [3.8, 4) is 5.69 Å². The van der Waals surface area contributed by atoms with Gasteiger partial charge in [0, 0.05) is 22.8 Å². The third-order valence-electron chi connectivity index (χ3n) is 3.60. The Morgan fingerprint density at radius 3 is 2.72 bits per heavy atom. The molecule has 0 radical (unpaired) electrons. The van der Waals surface area contributed by atoms with Crippen molar-refractivity contribution in [2.24, 2.45) is 0 Å². The fourth-order valence-electron chi connectivity index (χ4n) is 2.34. The maximum Gasteiger partial charge on any atom is 0.214 e. The third kappa shape index (κ3) is 5.19. The van der Waals surface area contributed by atoms with Crippen LogP contribution >= 0.6 is 35.0 Å². The Morgan fingerprint density at radius 1 is 1.08 bits per heavy atom. The average Bonchev–Trinajstić information content (AvgIpc) is 3.09. The molecule has 0 aliphatic carbocycles. The van der Waals surface area contributed by atoms with Crippen molar-refractivity contribution < 1.29 is 5.32 Å². The summed E-state index contributed by atoms with van der Waals surface area (Å²) in [5.41, 5.74) is 2.07. The van der Waals surface area contributed by atoms with E-state index in [2.05, 4.69) is 20.8 Å². The molecule has 0 saturated heterocycles. The van der Waals surface area contributed by atoms with Gasteiger partial charge in [0.1, 0.15) is 6.54 Å². The number of hydrogen-bond donors (Lipinski definition) is 1. The van der Waals surface area contributed by atoms with E-state index < -0.39 is 0 Å². The number of nitrogens with two attached hydrogens (primary N) is 1. The van der Waals surface area contributed by atoms with Gasteiger partial charge < -0.3 is 5.32 Å². The molecule has 8 heteroatoms. The molecule has 130 valence electrons. The Kier molecular flexibility index (Phi) is 6.69. The fraction of sp³-hybridized carbons (Fsp3) is 0.235. The highest BCUT2D eigenvalue weighted by atomic mass is 35.5. The number of benzene rings is 2. The molecule has 0 atom stereocenters. The van der Waals surface area contributed by atoms with E-state index in [9.17, 15) is 0 Å². The first-order chi connectivity index (χ1) is 12.2. The van der Waals surface area contributed by atoms with Crippen LogP contribution < -0.4 is 5.32 Å². The second kappa shape index (κ2) is 9.20. The van der Waals surface area contributed by atoms with Crippen molar-refractivity contribution >= 4 is 35.0 Å². The Morgan fingerprint density at radius 2 is 1.92 bits per heavy atom. The maximum absolute atomic E-state index is 6.18. The molecule has 2 aromatic carbocycles. The van der Waals surface area contributed by atoms with Gasteiger partial charge in [-0.05, 0) is 34.7 Å². The van der Waals surface area contributed by atoms with Crippen molar-refractivity contribution in [2.75, 3.05) is 12.3 Å². The van der Waals surface area contributed by atoms with Gasteiger partial charge >= 0.3 is 0 Å². The second-order valence-corrected chi connectivity index (χ2v) is 7.33. The molecule has 0 unspecified atom stereocenters. The van der Waals surface area contributed by atoms with Crippen LogP contribution in [0, 0.1) is 0 Å². The number of rotatable bonds is 8. The van der Waals surface area contributed by atoms with E-state index in [1.165, 1.54) is 0 Å². The molecule has 1 aromatic heterocycles. The quantitative estimate of drug-likeness (QED) is 0.470. The van der Waals surface area contributed by atoms with Gasteiger partial charge in [-0.15, -0.1) is 5.10 Å². The van der Waals surface area contributed by atoms with Crippen LogP contribution in [0.5, 0.6) is 0 Å². The van der Waals surface area contributed by atoms with Crippen LogP contribution in [0.4, 0.5) is 0 Å². The van der Waals surface area contributed by atoms with E-state index in [1.54, 1.807) is 22.5 Å². The first-order valence-electron chi connectivity index (χ1n) is 7.96. The summed E-state index contributed by atoms with van der Waals surface area (Å²) in [5, 5.41) is 16.4. The monoisotopic (exact) mass is 394 g/mol. The van der Waals surface area contributed by atoms with E-state index in [0.717, 1.165) is 46.7 Å². The van der Waals surface area contributed by atoms with Gasteiger partial charge in [-0.25, -0.2) is 0 Å². The molecule has 0 saturated carbocycles. The van der Waals surface area contributed by atoms with Gasteiger partial charge in [0.2, 0.25) is 5.16 Å². The van der Waals surface area contributed by atoms with E-state index in [4.69, 9.17) is 23.2 Å². The minimum Gasteiger partial charge on any atom is -0.342 e. The summed E-state index contributed by atoms with van der Waals surface area (Å²) in [4.78, 5) is 0. The summed E-state index contributed by atoms with van der Waals surface area (Å²) in [5.74, 6) is 0.956. The fourth-order valence-corrected chi connectivity index (χ4v) is 3.67. The van der Waals surface area contributed by atoms with Crippen molar-refractivity contribution in [2.45, 2.75) is 18.1 Å². The van der Waals surface area contributed by atoms with Crippen LogP contribution in [-0.2, 0) is 6.54 Å². The molecule has 0 amide bonds. The molecule has 3 aromatic rings. The summed E-state index contributed by atoms with van der Waals surface area (Å²) >= 11 is 13.8. The van der Waals surface area contributed by atoms with Gasteiger partial charge in [-0.2, -0.15) is 4.68 Å². The second-order valence-electron chi connectivity index (χ2n) is 5.43. The average molecular weight is 395 g/mol. The first kappa shape index (κ1) is 18.2. The zero-order valence-corrected chi connectivity index (χ0v) is 15.8. The predicted molar refractivity (Wildman–Crippen MR) is 101 cm³/mol. The summed E-state index contributed by atoms with van der Waals surface area (Å²) in [6, 6.07) is 15.5. The summed E-state index contributed by atoms with van der Waals surface area (Å²) < 4.78 is 1.77. The van der Waals surface area contributed by atoms with Crippen molar-refractivity contribution in [1.82, 2.24) is 20.2 Å². The summed E-state index contributed by atoms with van der Waals surface area (Å²) in [6.07, 6.45) is 1.05. The highest BCUT2D eigenvalue weighted by molar-refractivity contribution is 7.99. The van der Waals surface area contributed by atoms with Crippen molar-refractivity contribution in [3.63, 3.8) is 0 Å². The molecular formula is C17H18Cl2N5S+. The van der Waals surface area contributed by atoms with Gasteiger partial charge in [0.25, 0.3) is 0 Å². The SMILES string of the molecule is Clc1ccc(C[NH2+]CCCSc2nnnn2-c2ccccc2)c(Cl)c1. The third-order valence-corrected chi connectivity index (χ3v) is 5.20. The highest BCUT2D eigenvalue weighted by Gasteiger charge is 2.08. The standard InChI is InChI=1S/C17H17Cl2N5S/c18-14-8-7-13(16(19)11-14)12-20-9-4-10-25-17-21-22-23-24(17)15-5-2-1-3-6-15/h1-3,5-8,11,20H,4,9-10,12H2/p+1. The number of para-hydroxylation sites is 1. The maximum atomic E-state index is 6.18. The molecule has 1 heterocycles. The van der Waals surface area contributed by atoms with Crippen LogP contribution in [-0.4, -0.2) is 32.5 Å². The smallest absolute Gasteiger partial charge is 0.214 e. The molecule has 0 bridgehead atoms. The van der Waals surface area contributed by atoms with E-state index in [-0.39, 0.29) is 0 Å². The molecule has 25 heavy (non-hydrogen) atoms. The Balaban J connectivity index is 1.42. The topological polar surface area (TPSA) is 60.2 Å². The Bertz CT molecular complexity index is 810. The lowest BCUT2D eigenvalue weighted by Gasteiger charge is -2.05. The lowest BCUT2D eigenvalue weighted by molar-refractivity contribution is -0.670. The summed E-state index contributed by atoms with van der Waals surface area (Å²) in [7, 11) is 0. The van der Waals surface area contributed by atoms with Gasteiger partial charge in [0.15, 0.2) is 0 Å². The van der Waals surface area contributed by atoms with Crippen molar-refractivity contribution in [3.05, 3.63) is 64.1 Å². The van der Waals surface area contributed by atoms with Gasteiger partial charge in [-0.3, -0.25) is 0 Å². The zero-order chi connectivity index (χ0) is 17.5. The molecule has 5 nitrogen and oxygen atoms in total. The number of tetrazole rings is 1. The van der Waals surface area contributed by atoms with E-state index in [0.29, 0.717) is 5.02 Å². The number of aromatic nitrogens is 4. The lowest BCUT2D eigenvalue weighted by atomic mass is 10.2. The Hall–Kier alpha value is -1.60. The van der Waals surface area contributed by atoms with Crippen LogP contribution in [0.25, 0.3) is 5.69 Å². The minimum absolute atomic E-state index is 0.668. The highest BCUT2D eigenvalue weighted by Crippen LogP contribution is 2.20. The largest absolute Gasteiger partial charge is 0.342 e. The molecule has 0 fully saturated rings. The van der Waals surface area contributed by atoms with Crippen molar-refractivity contribution in [1.29, 1.82) is 0 Å². The predicted octanol–water partition coefficient (Wildman–Crippen LogP) is 3.21. The van der Waals surface area contributed by atoms with E-state index in [1.807, 2.05) is 42.5 Å². The molecule has 0 aliphatic rings. The number of nitrogens with zero attached hydrogens (tertiary/aromatic N) is 4. The number of thioether (sulfide) groups is 1. The van der Waals surface area contributed by atoms with E-state index >= 15 is 0 Å². The van der Waals surface area contributed by atoms with Crippen LogP contribution in [0.2, 0.25) is 10.0 Å². The summed E-state index contributed by atoms with van der Waals surface area (Å²) in [6.45, 7) is 1.86. The molecular weight excluding hydrogens is 377 g/mol. The Labute approximate surface area is 160 Å². The van der Waals surface area contributed by atoms with Gasteiger partial charge in [0.05, 0.1) is 17.3 Å². The molecule has 2 N–H and O–H groups in total. The zero-order valence-electron chi connectivity index (χ0n) is 13.5. The molecule has 3 rings (SSSR count). The minimum atomic E-state index is 0.668. The van der Waals surface area contributed by atoms with Crippen LogP contribution in [0.15, 0.2) is 53.7 Å². The van der Waals surface area contributed by atoms with Crippen LogP contribution in [0.3, 0.4) is 0 Å². The van der Waals surface area contributed by atoms with Crippen LogP contribution in [0.1, 0.15) is 12.0 Å². The lowest BCUT2D eigenvalue weighted by Crippen LogP contribution is -2.82. The normalized spacial score (nSPS) is 11.0. The number of hydrogen-bond acceptors (Lipinski definition) is 4. The van der Waals surface area contributed by atoms with Gasteiger partial charge in [-0.1, -0.05) is 59.2 Å². The first-order valence-corrected chi connectivity index (χ1v) is 9.70. The molecule has 0 aliphatic heterocycles. The number of quaternary nitrogens is 1. The number of halogens is 2.